The predicted octanol–water partition coefficient (Wildman–Crippen LogP) is 3.77. The van der Waals surface area contributed by atoms with E-state index in [0.29, 0.717) is 17.9 Å². The minimum atomic E-state index is -3.67. The van der Waals surface area contributed by atoms with E-state index in [9.17, 15) is 8.42 Å². The van der Waals surface area contributed by atoms with Crippen LogP contribution in [0.4, 0.5) is 0 Å². The Labute approximate surface area is 212 Å². The van der Waals surface area contributed by atoms with Gasteiger partial charge in [0.2, 0.25) is 5.78 Å². The molecule has 0 amide bonds. The van der Waals surface area contributed by atoms with E-state index in [4.69, 9.17) is 19.8 Å². The number of nitrogens with one attached hydrogen (secondary N) is 1. The average molecular weight is 534 g/mol. The molecule has 0 saturated carbocycles. The van der Waals surface area contributed by atoms with Crippen molar-refractivity contribution in [2.24, 2.45) is 0 Å². The van der Waals surface area contributed by atoms with Crippen LogP contribution in [0.25, 0.3) is 16.2 Å². The summed E-state index contributed by atoms with van der Waals surface area (Å²) in [5.41, 5.74) is 2.49. The first-order valence-corrected chi connectivity index (χ1v) is 13.0. The summed E-state index contributed by atoms with van der Waals surface area (Å²) in [5.74, 6) is -1.12. The molecule has 36 heavy (non-hydrogen) atoms. The molecule has 0 aromatic carbocycles. The van der Waals surface area contributed by atoms with Gasteiger partial charge in [0.15, 0.2) is 0 Å². The highest BCUT2D eigenvalue weighted by molar-refractivity contribution is 7.91. The number of aliphatic carboxylic acids is 2. The van der Waals surface area contributed by atoms with Crippen LogP contribution in [0.5, 0.6) is 0 Å². The fraction of sp³-hybridized carbons (Fsp3) is 0.261. The van der Waals surface area contributed by atoms with Gasteiger partial charge in [-0.05, 0) is 49.2 Å². The molecule has 4 aromatic heterocycles. The number of hydrogen-bond donors (Lipinski definition) is 3. The number of rotatable bonds is 6. The third kappa shape index (κ3) is 8.52. The van der Waals surface area contributed by atoms with Gasteiger partial charge < -0.3 is 10.2 Å². The summed E-state index contributed by atoms with van der Waals surface area (Å²) < 4.78 is 30.7. The second-order valence-electron chi connectivity index (χ2n) is 7.42. The summed E-state index contributed by atoms with van der Waals surface area (Å²) in [7, 11) is -3.67. The topological polar surface area (TPSA) is 164 Å². The lowest BCUT2D eigenvalue weighted by atomic mass is 10.2. The van der Waals surface area contributed by atoms with Crippen LogP contribution in [0.15, 0.2) is 59.3 Å². The number of thiophene rings is 1. The lowest BCUT2D eigenvalue weighted by molar-refractivity contribution is -0.135. The van der Waals surface area contributed by atoms with Gasteiger partial charge in [-0.2, -0.15) is 0 Å². The number of fused-ring (bicyclic) bond motifs is 1. The van der Waals surface area contributed by atoms with Gasteiger partial charge in [0, 0.05) is 49.2 Å². The van der Waals surface area contributed by atoms with Gasteiger partial charge in [-0.15, -0.1) is 11.3 Å². The minimum Gasteiger partial charge on any atom is -0.481 e. The maximum absolute atomic E-state index is 12.9. The van der Waals surface area contributed by atoms with Crippen LogP contribution in [-0.2, 0) is 19.6 Å². The number of aryl methyl sites for hydroxylation is 1. The normalized spacial score (nSPS) is 11.6. The van der Waals surface area contributed by atoms with Crippen LogP contribution in [0.3, 0.4) is 0 Å². The Bertz CT molecular complexity index is 1380. The Morgan fingerprint density at radius 2 is 1.78 bits per heavy atom. The van der Waals surface area contributed by atoms with Crippen LogP contribution in [0.2, 0.25) is 0 Å². The molecular weight excluding hydrogens is 506 g/mol. The number of sulfonamides is 1. The molecule has 11 nitrogen and oxygen atoms in total. The van der Waals surface area contributed by atoms with Crippen molar-refractivity contribution in [1.29, 1.82) is 0 Å². The zero-order chi connectivity index (χ0) is 26.9. The van der Waals surface area contributed by atoms with E-state index in [0.717, 1.165) is 30.0 Å². The molecule has 1 atom stereocenters. The largest absolute Gasteiger partial charge is 0.481 e. The molecule has 4 rings (SSSR count). The number of pyridine rings is 1. The van der Waals surface area contributed by atoms with Gasteiger partial charge >= 0.3 is 0 Å². The third-order valence-corrected chi connectivity index (χ3v) is 7.44. The number of aromatic nitrogens is 4. The fourth-order valence-corrected chi connectivity index (χ4v) is 5.54. The summed E-state index contributed by atoms with van der Waals surface area (Å²) in [6, 6.07) is 8.65. The first kappa shape index (κ1) is 28.6. The maximum atomic E-state index is 12.9. The first-order chi connectivity index (χ1) is 16.9. The molecule has 13 heteroatoms. The molecule has 4 heterocycles. The van der Waals surface area contributed by atoms with E-state index < -0.39 is 28.0 Å². The molecule has 0 fully saturated rings. The number of carbonyl (C=O) groups is 2. The van der Waals surface area contributed by atoms with Crippen LogP contribution >= 0.6 is 11.3 Å². The Morgan fingerprint density at radius 1 is 1.11 bits per heavy atom. The molecule has 0 radical (unpaired) electrons. The van der Waals surface area contributed by atoms with E-state index in [1.165, 1.54) is 11.3 Å². The van der Waals surface area contributed by atoms with E-state index >= 15 is 0 Å². The number of carboxylic acid groups (broad SMARTS) is 2. The van der Waals surface area contributed by atoms with E-state index in [-0.39, 0.29) is 4.21 Å². The molecule has 0 aliphatic carbocycles. The highest BCUT2D eigenvalue weighted by Crippen LogP contribution is 2.31. The Balaban J connectivity index is 0.000000501. The molecule has 0 spiro atoms. The first-order valence-electron chi connectivity index (χ1n) is 10.7. The predicted molar refractivity (Wildman–Crippen MR) is 135 cm³/mol. The Hall–Kier alpha value is -3.68. The number of hydrogen-bond acceptors (Lipinski definition) is 8. The second kappa shape index (κ2) is 12.9. The zero-order valence-corrected chi connectivity index (χ0v) is 21.7. The summed E-state index contributed by atoms with van der Waals surface area (Å²) in [6.45, 7) is 6.00. The number of imidazole rings is 1. The molecular formula is C23H27N5O6S2. The maximum Gasteiger partial charge on any atom is 0.300 e. The van der Waals surface area contributed by atoms with Crippen molar-refractivity contribution in [2.75, 3.05) is 0 Å². The third-order valence-electron chi connectivity index (χ3n) is 4.34. The SMILES string of the molecule is CC(=O)O.CC(=O)O.CCC(NS(=O)(=O)c1ccc(-c2ccnc(C)c2)s1)c1cn2cccnc2n1. The van der Waals surface area contributed by atoms with Crippen molar-refractivity contribution in [1.82, 2.24) is 24.1 Å². The van der Waals surface area contributed by atoms with Gasteiger partial charge in [0.25, 0.3) is 22.0 Å². The number of nitrogens with zero attached hydrogens (tertiary/aromatic N) is 4. The minimum absolute atomic E-state index is 0.275. The molecule has 3 N–H and O–H groups in total. The smallest absolute Gasteiger partial charge is 0.300 e. The van der Waals surface area contributed by atoms with Crippen molar-refractivity contribution >= 4 is 39.1 Å². The molecule has 1 unspecified atom stereocenters. The van der Waals surface area contributed by atoms with Crippen molar-refractivity contribution in [3.05, 3.63) is 66.5 Å². The van der Waals surface area contributed by atoms with Crippen molar-refractivity contribution in [3.63, 3.8) is 0 Å². The number of carboxylic acids is 2. The molecule has 0 aliphatic heterocycles. The second-order valence-corrected chi connectivity index (χ2v) is 10.4. The van der Waals surface area contributed by atoms with E-state index in [2.05, 4.69) is 19.7 Å². The standard InChI is InChI=1S/C19H19N5O2S2.2C2H4O2/c1-3-15(16-12-24-10-4-8-21-19(24)22-16)23-28(25,26)18-6-5-17(27-18)14-7-9-20-13(2)11-14;2*1-2(3)4/h4-12,15,23H,3H2,1-2H3;2*1H3,(H,3,4). The van der Waals surface area contributed by atoms with Gasteiger partial charge in [-0.1, -0.05) is 6.92 Å². The molecule has 4 aromatic rings. The summed E-state index contributed by atoms with van der Waals surface area (Å²) in [6.07, 6.45) is 7.60. The molecule has 0 bridgehead atoms. The highest BCUT2D eigenvalue weighted by atomic mass is 32.2. The average Bonchev–Trinajstić information content (AvgIpc) is 3.45. The Morgan fingerprint density at radius 3 is 2.36 bits per heavy atom. The van der Waals surface area contributed by atoms with Gasteiger partial charge in [0.1, 0.15) is 4.21 Å². The van der Waals surface area contributed by atoms with Gasteiger partial charge in [-0.3, -0.25) is 19.0 Å². The summed E-state index contributed by atoms with van der Waals surface area (Å²) in [5, 5.41) is 14.8. The van der Waals surface area contributed by atoms with Gasteiger partial charge in [0.05, 0.1) is 11.7 Å². The van der Waals surface area contributed by atoms with Crippen molar-refractivity contribution in [3.8, 4) is 10.4 Å². The molecule has 0 saturated heterocycles. The Kier molecular flexibility index (Phi) is 10.2. The van der Waals surface area contributed by atoms with Crippen LogP contribution < -0.4 is 4.72 Å². The zero-order valence-electron chi connectivity index (χ0n) is 20.1. The molecule has 0 aliphatic rings. The van der Waals surface area contributed by atoms with Crippen molar-refractivity contribution < 1.29 is 28.2 Å². The summed E-state index contributed by atoms with van der Waals surface area (Å²) >= 11 is 1.24. The lowest BCUT2D eigenvalue weighted by Gasteiger charge is -2.14. The highest BCUT2D eigenvalue weighted by Gasteiger charge is 2.24. The fourth-order valence-electron chi connectivity index (χ4n) is 2.93. The van der Waals surface area contributed by atoms with Crippen molar-refractivity contribution in [2.45, 2.75) is 44.4 Å². The lowest BCUT2D eigenvalue weighted by Crippen LogP contribution is -2.28. The molecule has 192 valence electrons. The van der Waals surface area contributed by atoms with E-state index in [1.54, 1.807) is 35.1 Å². The quantitative estimate of drug-likeness (QED) is 0.334. The van der Waals surface area contributed by atoms with Gasteiger partial charge in [-0.25, -0.2) is 23.1 Å². The van der Waals surface area contributed by atoms with E-state index in [1.807, 2.05) is 38.2 Å². The summed E-state index contributed by atoms with van der Waals surface area (Å²) in [4.78, 5) is 31.7. The van der Waals surface area contributed by atoms with Crippen LogP contribution in [0, 0.1) is 6.92 Å². The van der Waals surface area contributed by atoms with Crippen LogP contribution in [0.1, 0.15) is 44.6 Å². The van der Waals surface area contributed by atoms with Crippen LogP contribution in [-0.4, -0.2) is 49.9 Å². The monoisotopic (exact) mass is 533 g/mol.